The predicted octanol–water partition coefficient (Wildman–Crippen LogP) is 4.95. The molecule has 0 radical (unpaired) electrons. The molecule has 0 spiro atoms. The third-order valence-corrected chi connectivity index (χ3v) is 9.15. The Bertz CT molecular complexity index is 1490. The van der Waals surface area contributed by atoms with Crippen molar-refractivity contribution in [2.24, 2.45) is 0 Å². The molecule has 0 unspecified atom stereocenters. The number of carbonyl (C=O) groups excluding carboxylic acids is 2. The summed E-state index contributed by atoms with van der Waals surface area (Å²) in [6, 6.07) is 23.3. The molecule has 0 aliphatic heterocycles. The van der Waals surface area contributed by atoms with Crippen molar-refractivity contribution >= 4 is 27.5 Å². The molecular formula is C34H43N3O6S. The number of hydrogen-bond acceptors (Lipinski definition) is 6. The van der Waals surface area contributed by atoms with Gasteiger partial charge in [0.2, 0.25) is 21.8 Å². The number of rotatable bonds is 15. The monoisotopic (exact) mass is 621 g/mol. The number of sulfonamides is 1. The fourth-order valence-electron chi connectivity index (χ4n) is 5.66. The molecule has 1 fully saturated rings. The Balaban J connectivity index is 1.60. The lowest BCUT2D eigenvalue weighted by molar-refractivity contribution is -0.141. The van der Waals surface area contributed by atoms with Gasteiger partial charge in [-0.1, -0.05) is 61.4 Å². The minimum atomic E-state index is -3.63. The van der Waals surface area contributed by atoms with Gasteiger partial charge in [-0.15, -0.1) is 0 Å². The van der Waals surface area contributed by atoms with Gasteiger partial charge in [0.05, 0.1) is 26.2 Å². The number of nitrogens with one attached hydrogen (secondary N) is 1. The summed E-state index contributed by atoms with van der Waals surface area (Å²) in [6.45, 7) is 0.305. The van der Waals surface area contributed by atoms with Gasteiger partial charge >= 0.3 is 0 Å². The van der Waals surface area contributed by atoms with Crippen molar-refractivity contribution in [1.82, 2.24) is 10.2 Å². The van der Waals surface area contributed by atoms with Crippen molar-refractivity contribution < 1.29 is 27.5 Å². The van der Waals surface area contributed by atoms with Crippen LogP contribution in [-0.2, 0) is 32.6 Å². The largest absolute Gasteiger partial charge is 0.497 e. The van der Waals surface area contributed by atoms with Crippen LogP contribution in [0.5, 0.6) is 11.5 Å². The van der Waals surface area contributed by atoms with Crippen LogP contribution in [0.15, 0.2) is 78.9 Å². The van der Waals surface area contributed by atoms with Crippen LogP contribution in [0.4, 0.5) is 5.69 Å². The first kappa shape index (κ1) is 32.9. The predicted molar refractivity (Wildman–Crippen MR) is 172 cm³/mol. The van der Waals surface area contributed by atoms with E-state index in [-0.39, 0.29) is 43.8 Å². The van der Waals surface area contributed by atoms with Crippen LogP contribution in [0, 0.1) is 0 Å². The highest BCUT2D eigenvalue weighted by Gasteiger charge is 2.32. The number of anilines is 1. The van der Waals surface area contributed by atoms with Gasteiger partial charge in [-0.25, -0.2) is 8.42 Å². The number of amides is 2. The number of nitrogens with zero attached hydrogens (tertiary/aromatic N) is 2. The molecule has 10 heteroatoms. The fraction of sp³-hybridized carbons (Fsp3) is 0.412. The zero-order chi connectivity index (χ0) is 31.5. The topological polar surface area (TPSA) is 105 Å². The summed E-state index contributed by atoms with van der Waals surface area (Å²) in [5.74, 6) is 0.793. The first-order chi connectivity index (χ1) is 21.2. The number of methoxy groups -OCH3 is 2. The Hall–Kier alpha value is -4.05. The second-order valence-electron chi connectivity index (χ2n) is 11.2. The molecule has 0 heterocycles. The van der Waals surface area contributed by atoms with Gasteiger partial charge in [-0.2, -0.15) is 0 Å². The van der Waals surface area contributed by atoms with E-state index in [9.17, 15) is 18.0 Å². The third kappa shape index (κ3) is 9.22. The number of carbonyl (C=O) groups is 2. The summed E-state index contributed by atoms with van der Waals surface area (Å²) >= 11 is 0. The Morgan fingerprint density at radius 3 is 2.18 bits per heavy atom. The SMILES string of the molecule is COc1cccc(CN(C(=O)CCCN(c2cccc(OC)c2)S(C)(=O)=O)[C@@H](Cc2ccccc2)C(=O)NC2CCCC2)c1. The standard InChI is InChI=1S/C34H43N3O6S/c1-42-30-18-9-14-27(22-30)25-36(32(23-26-12-5-4-6-13-26)34(39)35-28-15-7-8-16-28)33(38)20-11-21-37(44(3,40)41)29-17-10-19-31(24-29)43-2/h4-6,9-10,12-14,17-19,22,24,28,32H,7-8,11,15-16,20-21,23,25H2,1-3H3,(H,35,39)/t32-/m0/s1. The van der Waals surface area contributed by atoms with Crippen molar-refractivity contribution in [3.63, 3.8) is 0 Å². The fourth-order valence-corrected chi connectivity index (χ4v) is 6.62. The molecule has 2 amide bonds. The lowest BCUT2D eigenvalue weighted by atomic mass is 10.0. The van der Waals surface area contributed by atoms with E-state index < -0.39 is 16.1 Å². The van der Waals surface area contributed by atoms with Crippen LogP contribution in [0.25, 0.3) is 0 Å². The van der Waals surface area contributed by atoms with Crippen molar-refractivity contribution in [2.75, 3.05) is 31.3 Å². The maximum Gasteiger partial charge on any atom is 0.243 e. The van der Waals surface area contributed by atoms with Gasteiger partial charge < -0.3 is 19.7 Å². The Kier molecular flexibility index (Phi) is 11.7. The van der Waals surface area contributed by atoms with E-state index in [4.69, 9.17) is 9.47 Å². The van der Waals surface area contributed by atoms with E-state index in [1.54, 1.807) is 36.3 Å². The highest BCUT2D eigenvalue weighted by atomic mass is 32.2. The molecule has 44 heavy (non-hydrogen) atoms. The summed E-state index contributed by atoms with van der Waals surface area (Å²) in [5, 5.41) is 3.21. The van der Waals surface area contributed by atoms with Crippen molar-refractivity contribution in [3.05, 3.63) is 90.0 Å². The summed E-state index contributed by atoms with van der Waals surface area (Å²) in [5.41, 5.74) is 2.24. The summed E-state index contributed by atoms with van der Waals surface area (Å²) in [7, 11) is -0.516. The second kappa shape index (κ2) is 15.6. The smallest absolute Gasteiger partial charge is 0.243 e. The molecule has 236 valence electrons. The molecule has 9 nitrogen and oxygen atoms in total. The highest BCUT2D eigenvalue weighted by molar-refractivity contribution is 7.92. The highest BCUT2D eigenvalue weighted by Crippen LogP contribution is 2.25. The molecule has 0 bridgehead atoms. The number of hydrogen-bond donors (Lipinski definition) is 1. The number of benzene rings is 3. The zero-order valence-corrected chi connectivity index (χ0v) is 26.6. The first-order valence-electron chi connectivity index (χ1n) is 15.1. The van der Waals surface area contributed by atoms with Gasteiger partial charge in [0, 0.05) is 38.0 Å². The average molecular weight is 622 g/mol. The van der Waals surface area contributed by atoms with Crippen LogP contribution in [-0.4, -0.2) is 64.2 Å². The van der Waals surface area contributed by atoms with E-state index in [0.29, 0.717) is 23.6 Å². The molecule has 0 saturated heterocycles. The summed E-state index contributed by atoms with van der Waals surface area (Å²) < 4.78 is 37.4. The van der Waals surface area contributed by atoms with E-state index in [0.717, 1.165) is 43.1 Å². The van der Waals surface area contributed by atoms with Gasteiger partial charge in [-0.05, 0) is 54.7 Å². The van der Waals surface area contributed by atoms with Gasteiger partial charge in [-0.3, -0.25) is 13.9 Å². The molecule has 1 saturated carbocycles. The lowest BCUT2D eigenvalue weighted by Crippen LogP contribution is -2.52. The number of ether oxygens (including phenoxy) is 2. The van der Waals surface area contributed by atoms with Crippen LogP contribution in [0.3, 0.4) is 0 Å². The van der Waals surface area contributed by atoms with Crippen LogP contribution < -0.4 is 19.1 Å². The van der Waals surface area contributed by atoms with Crippen LogP contribution in [0.1, 0.15) is 49.7 Å². The molecule has 4 rings (SSSR count). The van der Waals surface area contributed by atoms with Crippen LogP contribution >= 0.6 is 0 Å². The average Bonchev–Trinajstić information content (AvgIpc) is 3.54. The Labute approximate surface area is 261 Å². The first-order valence-corrected chi connectivity index (χ1v) is 16.9. The molecule has 3 aromatic rings. The van der Waals surface area contributed by atoms with E-state index >= 15 is 0 Å². The minimum absolute atomic E-state index is 0.0575. The summed E-state index contributed by atoms with van der Waals surface area (Å²) in [4.78, 5) is 29.6. The van der Waals surface area contributed by atoms with Crippen molar-refractivity contribution in [3.8, 4) is 11.5 Å². The molecule has 0 aromatic heterocycles. The van der Waals surface area contributed by atoms with Gasteiger partial charge in [0.15, 0.2) is 0 Å². The summed E-state index contributed by atoms with van der Waals surface area (Å²) in [6.07, 6.45) is 5.83. The zero-order valence-electron chi connectivity index (χ0n) is 25.8. The van der Waals surface area contributed by atoms with Crippen molar-refractivity contribution in [1.29, 1.82) is 0 Å². The van der Waals surface area contributed by atoms with E-state index in [1.807, 2.05) is 54.6 Å². The van der Waals surface area contributed by atoms with Gasteiger partial charge in [0.25, 0.3) is 0 Å². The second-order valence-corrected chi connectivity index (χ2v) is 13.1. The molecule has 1 aliphatic rings. The lowest BCUT2D eigenvalue weighted by Gasteiger charge is -2.33. The van der Waals surface area contributed by atoms with E-state index in [2.05, 4.69) is 5.32 Å². The maximum absolute atomic E-state index is 14.1. The van der Waals surface area contributed by atoms with Gasteiger partial charge in [0.1, 0.15) is 17.5 Å². The van der Waals surface area contributed by atoms with Crippen LogP contribution in [0.2, 0.25) is 0 Å². The maximum atomic E-state index is 14.1. The molecule has 1 atom stereocenters. The Morgan fingerprint density at radius 2 is 1.52 bits per heavy atom. The quantitative estimate of drug-likeness (QED) is 0.258. The molecular weight excluding hydrogens is 578 g/mol. The Morgan fingerprint density at radius 1 is 0.886 bits per heavy atom. The van der Waals surface area contributed by atoms with E-state index in [1.165, 1.54) is 11.4 Å². The normalized spacial score (nSPS) is 14.1. The molecule has 3 aromatic carbocycles. The molecule has 1 N–H and O–H groups in total. The third-order valence-electron chi connectivity index (χ3n) is 7.95. The van der Waals surface area contributed by atoms with Crippen molar-refractivity contribution in [2.45, 2.75) is 63.6 Å². The minimum Gasteiger partial charge on any atom is -0.497 e. The molecule has 1 aliphatic carbocycles.